The van der Waals surface area contributed by atoms with E-state index in [9.17, 15) is 0 Å². The zero-order valence-corrected chi connectivity index (χ0v) is 8.79. The van der Waals surface area contributed by atoms with Crippen molar-refractivity contribution in [2.75, 3.05) is 31.1 Å². The largest absolute Gasteiger partial charge is 0.370 e. The molecule has 1 N–H and O–H groups in total. The molecule has 2 heteroatoms. The fourth-order valence-corrected chi connectivity index (χ4v) is 1.93. The summed E-state index contributed by atoms with van der Waals surface area (Å²) in [5.41, 5.74) is 2.72. The van der Waals surface area contributed by atoms with E-state index >= 15 is 0 Å². The van der Waals surface area contributed by atoms with E-state index < -0.39 is 0 Å². The van der Waals surface area contributed by atoms with Gasteiger partial charge in [-0.1, -0.05) is 12.1 Å². The third kappa shape index (κ3) is 2.26. The lowest BCUT2D eigenvalue weighted by Gasteiger charge is -2.22. The molecule has 1 aliphatic rings. The van der Waals surface area contributed by atoms with Gasteiger partial charge in [0, 0.05) is 25.3 Å². The molecule has 0 atom stereocenters. The second-order valence-corrected chi connectivity index (χ2v) is 3.93. The van der Waals surface area contributed by atoms with Crippen molar-refractivity contribution < 1.29 is 0 Å². The highest BCUT2D eigenvalue weighted by Crippen LogP contribution is 2.16. The molecule has 1 aliphatic heterocycles. The Morgan fingerprint density at radius 1 is 1.21 bits per heavy atom. The van der Waals surface area contributed by atoms with Gasteiger partial charge in [0.25, 0.3) is 0 Å². The molecule has 1 fully saturated rings. The summed E-state index contributed by atoms with van der Waals surface area (Å²) in [6.45, 7) is 6.72. The molecule has 76 valence electrons. The first kappa shape index (κ1) is 9.53. The first-order valence-corrected chi connectivity index (χ1v) is 5.38. The van der Waals surface area contributed by atoms with Gasteiger partial charge in [-0.2, -0.15) is 0 Å². The molecule has 1 heterocycles. The number of aryl methyl sites for hydroxylation is 1. The first-order valence-electron chi connectivity index (χ1n) is 5.38. The third-order valence-corrected chi connectivity index (χ3v) is 2.71. The second kappa shape index (κ2) is 4.47. The monoisotopic (exact) mass is 190 g/mol. The molecule has 2 nitrogen and oxygen atoms in total. The summed E-state index contributed by atoms with van der Waals surface area (Å²) in [6.07, 6.45) is 1.24. The highest BCUT2D eigenvalue weighted by Gasteiger charge is 2.08. The number of benzene rings is 1. The van der Waals surface area contributed by atoms with Crippen molar-refractivity contribution in [3.63, 3.8) is 0 Å². The molecule has 14 heavy (non-hydrogen) atoms. The van der Waals surface area contributed by atoms with E-state index in [0.717, 1.165) is 19.6 Å². The molecule has 0 aromatic heterocycles. The highest BCUT2D eigenvalue weighted by molar-refractivity contribution is 5.48. The summed E-state index contributed by atoms with van der Waals surface area (Å²) in [4.78, 5) is 2.47. The van der Waals surface area contributed by atoms with E-state index in [2.05, 4.69) is 41.4 Å². The van der Waals surface area contributed by atoms with Gasteiger partial charge in [-0.15, -0.1) is 0 Å². The van der Waals surface area contributed by atoms with Crippen LogP contribution >= 0.6 is 0 Å². The van der Waals surface area contributed by atoms with Gasteiger partial charge in [0.05, 0.1) is 0 Å². The van der Waals surface area contributed by atoms with Crippen LogP contribution in [-0.2, 0) is 0 Å². The fourth-order valence-electron chi connectivity index (χ4n) is 1.93. The van der Waals surface area contributed by atoms with Gasteiger partial charge in [-0.05, 0) is 37.6 Å². The molecule has 0 saturated carbocycles. The van der Waals surface area contributed by atoms with Crippen LogP contribution in [0.5, 0.6) is 0 Å². The van der Waals surface area contributed by atoms with Gasteiger partial charge in [0.2, 0.25) is 0 Å². The van der Waals surface area contributed by atoms with Gasteiger partial charge in [0.1, 0.15) is 0 Å². The fraction of sp³-hybridized carbons (Fsp3) is 0.500. The number of nitrogens with one attached hydrogen (secondary N) is 1. The Bertz CT molecular complexity index is 288. The number of anilines is 1. The Kier molecular flexibility index (Phi) is 3.04. The van der Waals surface area contributed by atoms with Crippen LogP contribution in [0.1, 0.15) is 12.0 Å². The molecule has 1 saturated heterocycles. The SMILES string of the molecule is Cc1cccc(N2CCCNCC2)c1. The molecule has 0 aliphatic carbocycles. The average molecular weight is 190 g/mol. The standard InChI is InChI=1S/C12H18N2/c1-11-4-2-5-12(10-11)14-8-3-6-13-7-9-14/h2,4-5,10,13H,3,6-9H2,1H3. The number of nitrogens with zero attached hydrogens (tertiary/aromatic N) is 1. The van der Waals surface area contributed by atoms with Gasteiger partial charge in [0.15, 0.2) is 0 Å². The normalized spacial score (nSPS) is 17.9. The first-order chi connectivity index (χ1) is 6.86. The van der Waals surface area contributed by atoms with Crippen molar-refractivity contribution in [1.29, 1.82) is 0 Å². The van der Waals surface area contributed by atoms with Crippen LogP contribution in [0.3, 0.4) is 0 Å². The van der Waals surface area contributed by atoms with E-state index in [0.29, 0.717) is 0 Å². The highest BCUT2D eigenvalue weighted by atomic mass is 15.2. The summed E-state index contributed by atoms with van der Waals surface area (Å²) >= 11 is 0. The summed E-state index contributed by atoms with van der Waals surface area (Å²) in [7, 11) is 0. The van der Waals surface area contributed by atoms with Crippen molar-refractivity contribution >= 4 is 5.69 Å². The quantitative estimate of drug-likeness (QED) is 0.726. The van der Waals surface area contributed by atoms with Crippen molar-refractivity contribution in [2.24, 2.45) is 0 Å². The van der Waals surface area contributed by atoms with E-state index in [1.165, 1.54) is 24.2 Å². The number of hydrogen-bond donors (Lipinski definition) is 1. The zero-order chi connectivity index (χ0) is 9.80. The molecule has 1 aromatic carbocycles. The molecule has 2 rings (SSSR count). The number of hydrogen-bond acceptors (Lipinski definition) is 2. The molecule has 0 spiro atoms. The van der Waals surface area contributed by atoms with Gasteiger partial charge >= 0.3 is 0 Å². The van der Waals surface area contributed by atoms with E-state index in [1.54, 1.807) is 0 Å². The van der Waals surface area contributed by atoms with Crippen LogP contribution in [0.4, 0.5) is 5.69 Å². The number of rotatable bonds is 1. The summed E-state index contributed by atoms with van der Waals surface area (Å²) in [5, 5.41) is 3.42. The minimum Gasteiger partial charge on any atom is -0.370 e. The minimum absolute atomic E-state index is 1.11. The molecule has 0 bridgehead atoms. The zero-order valence-electron chi connectivity index (χ0n) is 8.79. The van der Waals surface area contributed by atoms with Gasteiger partial charge < -0.3 is 10.2 Å². The van der Waals surface area contributed by atoms with Crippen LogP contribution in [0.25, 0.3) is 0 Å². The van der Waals surface area contributed by atoms with Crippen molar-refractivity contribution in [2.45, 2.75) is 13.3 Å². The minimum atomic E-state index is 1.11. The van der Waals surface area contributed by atoms with Crippen LogP contribution in [0, 0.1) is 6.92 Å². The third-order valence-electron chi connectivity index (χ3n) is 2.71. The smallest absolute Gasteiger partial charge is 0.0369 e. The Morgan fingerprint density at radius 3 is 3.00 bits per heavy atom. The van der Waals surface area contributed by atoms with Gasteiger partial charge in [-0.3, -0.25) is 0 Å². The summed E-state index contributed by atoms with van der Waals surface area (Å²) in [6, 6.07) is 8.77. The topological polar surface area (TPSA) is 15.3 Å². The maximum Gasteiger partial charge on any atom is 0.0369 e. The molecule has 0 radical (unpaired) electrons. The Morgan fingerprint density at radius 2 is 2.14 bits per heavy atom. The lowest BCUT2D eigenvalue weighted by molar-refractivity contribution is 0.724. The lowest BCUT2D eigenvalue weighted by Crippen LogP contribution is -2.27. The Balaban J connectivity index is 2.12. The maximum absolute atomic E-state index is 3.42. The molecule has 0 unspecified atom stereocenters. The molecule has 0 amide bonds. The molecular formula is C12H18N2. The molecule has 1 aromatic rings. The van der Waals surface area contributed by atoms with Crippen LogP contribution in [0.15, 0.2) is 24.3 Å². The van der Waals surface area contributed by atoms with Crippen LogP contribution < -0.4 is 10.2 Å². The van der Waals surface area contributed by atoms with E-state index in [-0.39, 0.29) is 0 Å². The molecular weight excluding hydrogens is 172 g/mol. The predicted molar refractivity (Wildman–Crippen MR) is 60.9 cm³/mol. The summed E-state index contributed by atoms with van der Waals surface area (Å²) in [5.74, 6) is 0. The van der Waals surface area contributed by atoms with Crippen LogP contribution in [0.2, 0.25) is 0 Å². The lowest BCUT2D eigenvalue weighted by atomic mass is 10.2. The van der Waals surface area contributed by atoms with Crippen molar-refractivity contribution in [3.8, 4) is 0 Å². The predicted octanol–water partition coefficient (Wildman–Crippen LogP) is 1.79. The van der Waals surface area contributed by atoms with Crippen LogP contribution in [-0.4, -0.2) is 26.2 Å². The second-order valence-electron chi connectivity index (χ2n) is 3.93. The van der Waals surface area contributed by atoms with E-state index in [4.69, 9.17) is 0 Å². The average Bonchev–Trinajstić information content (AvgIpc) is 2.45. The van der Waals surface area contributed by atoms with Crippen molar-refractivity contribution in [3.05, 3.63) is 29.8 Å². The Labute approximate surface area is 85.9 Å². The maximum atomic E-state index is 3.42. The summed E-state index contributed by atoms with van der Waals surface area (Å²) < 4.78 is 0. The van der Waals surface area contributed by atoms with Crippen molar-refractivity contribution in [1.82, 2.24) is 5.32 Å². The Hall–Kier alpha value is -1.02. The van der Waals surface area contributed by atoms with E-state index in [1.807, 2.05) is 0 Å². The van der Waals surface area contributed by atoms with Gasteiger partial charge in [-0.25, -0.2) is 0 Å².